The first-order valence-electron chi connectivity index (χ1n) is 5.58. The van der Waals surface area contributed by atoms with Crippen LogP contribution in [0.2, 0.25) is 0 Å². The number of rotatable bonds is 2. The van der Waals surface area contributed by atoms with E-state index in [4.69, 9.17) is 14.9 Å². The van der Waals surface area contributed by atoms with Crippen LogP contribution >= 0.6 is 0 Å². The van der Waals surface area contributed by atoms with Crippen molar-refractivity contribution >= 4 is 17.7 Å². The summed E-state index contributed by atoms with van der Waals surface area (Å²) in [6, 6.07) is 2.17. The number of aromatic carboxylic acids is 2. The van der Waals surface area contributed by atoms with Crippen LogP contribution in [-0.2, 0) is 0 Å². The predicted molar refractivity (Wildman–Crippen MR) is 64.0 cm³/mol. The molecule has 0 atom stereocenters. The summed E-state index contributed by atoms with van der Waals surface area (Å²) in [5, 5.41) is 18.0. The third-order valence-corrected chi connectivity index (χ3v) is 2.85. The molecule has 1 heterocycles. The van der Waals surface area contributed by atoms with Crippen LogP contribution in [0.15, 0.2) is 12.1 Å². The fraction of sp³-hybridized carbons (Fsp3) is 0.308. The van der Waals surface area contributed by atoms with E-state index in [9.17, 15) is 14.4 Å². The Bertz CT molecular complexity index is 599. The Morgan fingerprint density at radius 1 is 1.16 bits per heavy atom. The quantitative estimate of drug-likeness (QED) is 0.845. The van der Waals surface area contributed by atoms with Gasteiger partial charge in [-0.15, -0.1) is 0 Å². The highest BCUT2D eigenvalue weighted by Gasteiger charge is 2.34. The minimum absolute atomic E-state index is 0.113. The summed E-state index contributed by atoms with van der Waals surface area (Å²) in [4.78, 5) is 34.0. The number of carboxylic acid groups (broad SMARTS) is 2. The molecule has 1 aliphatic heterocycles. The summed E-state index contributed by atoms with van der Waals surface area (Å²) < 4.78 is 5.54. The number of benzene rings is 1. The van der Waals surface area contributed by atoms with Crippen LogP contribution in [0.5, 0.6) is 5.75 Å². The van der Waals surface area contributed by atoms with Gasteiger partial charge >= 0.3 is 11.9 Å². The number of ether oxygens (including phenoxy) is 1. The van der Waals surface area contributed by atoms with Crippen LogP contribution in [-0.4, -0.2) is 33.5 Å². The first kappa shape index (κ1) is 13.1. The molecule has 1 aliphatic rings. The van der Waals surface area contributed by atoms with Gasteiger partial charge in [-0.2, -0.15) is 0 Å². The van der Waals surface area contributed by atoms with E-state index in [1.807, 2.05) is 0 Å². The zero-order chi connectivity index (χ0) is 14.4. The van der Waals surface area contributed by atoms with Crippen LogP contribution < -0.4 is 4.74 Å². The topological polar surface area (TPSA) is 101 Å². The van der Waals surface area contributed by atoms with Crippen LogP contribution in [0, 0.1) is 0 Å². The van der Waals surface area contributed by atoms with Crippen molar-refractivity contribution in [3.8, 4) is 5.75 Å². The van der Waals surface area contributed by atoms with Crippen molar-refractivity contribution in [2.75, 3.05) is 0 Å². The monoisotopic (exact) mass is 264 g/mol. The maximum Gasteiger partial charge on any atom is 0.336 e. The largest absolute Gasteiger partial charge is 0.487 e. The molecule has 0 saturated heterocycles. The molecule has 2 rings (SSSR count). The average molecular weight is 264 g/mol. The van der Waals surface area contributed by atoms with Gasteiger partial charge < -0.3 is 14.9 Å². The molecular weight excluding hydrogens is 252 g/mol. The van der Waals surface area contributed by atoms with Crippen LogP contribution in [0.1, 0.15) is 51.3 Å². The highest BCUT2D eigenvalue weighted by molar-refractivity contribution is 6.07. The Hall–Kier alpha value is -2.37. The van der Waals surface area contributed by atoms with Crippen molar-refractivity contribution in [3.63, 3.8) is 0 Å². The summed E-state index contributed by atoms with van der Waals surface area (Å²) in [7, 11) is 0. The van der Waals surface area contributed by atoms with Crippen molar-refractivity contribution in [3.05, 3.63) is 28.8 Å². The maximum atomic E-state index is 11.9. The minimum Gasteiger partial charge on any atom is -0.487 e. The summed E-state index contributed by atoms with van der Waals surface area (Å²) in [5.41, 5.74) is -1.42. The van der Waals surface area contributed by atoms with E-state index in [1.165, 1.54) is 0 Å². The fourth-order valence-electron chi connectivity index (χ4n) is 2.05. The average Bonchev–Trinajstić information content (AvgIpc) is 2.25. The molecule has 100 valence electrons. The van der Waals surface area contributed by atoms with Crippen molar-refractivity contribution in [1.82, 2.24) is 0 Å². The molecule has 1 aromatic carbocycles. The number of fused-ring (bicyclic) bond motifs is 1. The van der Waals surface area contributed by atoms with E-state index >= 15 is 0 Å². The molecule has 2 N–H and O–H groups in total. The SMILES string of the molecule is CC1(C)CC(=O)c2cc(C(=O)O)c(C(=O)O)cc2O1. The lowest BCUT2D eigenvalue weighted by molar-refractivity contribution is 0.0601. The second kappa shape index (κ2) is 4.08. The van der Waals surface area contributed by atoms with Crippen molar-refractivity contribution in [2.24, 2.45) is 0 Å². The molecule has 6 nitrogen and oxygen atoms in total. The van der Waals surface area contributed by atoms with E-state index in [-0.39, 0.29) is 23.5 Å². The molecule has 0 saturated carbocycles. The second-order valence-electron chi connectivity index (χ2n) is 4.97. The number of carbonyl (C=O) groups excluding carboxylic acids is 1. The highest BCUT2D eigenvalue weighted by Crippen LogP contribution is 2.35. The van der Waals surface area contributed by atoms with Gasteiger partial charge in [-0.05, 0) is 26.0 Å². The van der Waals surface area contributed by atoms with E-state index in [0.29, 0.717) is 0 Å². The fourth-order valence-corrected chi connectivity index (χ4v) is 2.05. The molecule has 0 aromatic heterocycles. The van der Waals surface area contributed by atoms with Gasteiger partial charge in [0.05, 0.1) is 23.1 Å². The summed E-state index contributed by atoms with van der Waals surface area (Å²) in [6.45, 7) is 3.42. The molecule has 0 radical (unpaired) electrons. The second-order valence-corrected chi connectivity index (χ2v) is 4.97. The Kier molecular flexibility index (Phi) is 2.81. The zero-order valence-corrected chi connectivity index (χ0v) is 10.4. The van der Waals surface area contributed by atoms with Gasteiger partial charge in [-0.1, -0.05) is 0 Å². The van der Waals surface area contributed by atoms with E-state index in [1.54, 1.807) is 13.8 Å². The first-order chi connectivity index (χ1) is 8.71. The molecule has 0 bridgehead atoms. The van der Waals surface area contributed by atoms with E-state index in [2.05, 4.69) is 0 Å². The molecule has 1 aromatic rings. The Morgan fingerprint density at radius 2 is 1.68 bits per heavy atom. The molecule has 0 spiro atoms. The minimum atomic E-state index is -1.39. The Labute approximate surface area is 108 Å². The van der Waals surface area contributed by atoms with Gasteiger partial charge in [0.25, 0.3) is 0 Å². The normalized spacial score (nSPS) is 16.4. The lowest BCUT2D eigenvalue weighted by atomic mass is 9.90. The number of hydrogen-bond donors (Lipinski definition) is 2. The van der Waals surface area contributed by atoms with Crippen molar-refractivity contribution in [1.29, 1.82) is 0 Å². The molecule has 6 heteroatoms. The third kappa shape index (κ3) is 2.29. The van der Waals surface area contributed by atoms with Crippen LogP contribution in [0.3, 0.4) is 0 Å². The van der Waals surface area contributed by atoms with Crippen LogP contribution in [0.4, 0.5) is 0 Å². The highest BCUT2D eigenvalue weighted by atomic mass is 16.5. The summed E-state index contributed by atoms with van der Waals surface area (Å²) in [6.07, 6.45) is 0.117. The lowest BCUT2D eigenvalue weighted by Crippen LogP contribution is -2.36. The van der Waals surface area contributed by atoms with Gasteiger partial charge in [0.1, 0.15) is 11.4 Å². The smallest absolute Gasteiger partial charge is 0.336 e. The molecule has 0 aliphatic carbocycles. The number of carboxylic acids is 2. The number of Topliss-reactive ketones (excluding diaryl/α,β-unsaturated/α-hetero) is 1. The molecule has 0 amide bonds. The number of ketones is 1. The molecule has 0 fully saturated rings. The predicted octanol–water partition coefficient (Wildman–Crippen LogP) is 1.83. The Morgan fingerprint density at radius 3 is 2.21 bits per heavy atom. The van der Waals surface area contributed by atoms with Gasteiger partial charge in [-0.3, -0.25) is 4.79 Å². The van der Waals surface area contributed by atoms with Crippen molar-refractivity contribution < 1.29 is 29.3 Å². The summed E-state index contributed by atoms with van der Waals surface area (Å²) in [5.74, 6) is -2.91. The van der Waals surface area contributed by atoms with E-state index in [0.717, 1.165) is 12.1 Å². The van der Waals surface area contributed by atoms with Gasteiger partial charge in [-0.25, -0.2) is 9.59 Å². The Balaban J connectivity index is 2.67. The van der Waals surface area contributed by atoms with Crippen molar-refractivity contribution in [2.45, 2.75) is 25.9 Å². The zero-order valence-electron chi connectivity index (χ0n) is 10.4. The van der Waals surface area contributed by atoms with Gasteiger partial charge in [0.2, 0.25) is 0 Å². The molecular formula is C13H12O6. The van der Waals surface area contributed by atoms with Gasteiger partial charge in [0, 0.05) is 0 Å². The van der Waals surface area contributed by atoms with E-state index < -0.39 is 28.7 Å². The summed E-state index contributed by atoms with van der Waals surface area (Å²) >= 11 is 0. The maximum absolute atomic E-state index is 11.9. The number of carbonyl (C=O) groups is 3. The molecule has 19 heavy (non-hydrogen) atoms. The first-order valence-corrected chi connectivity index (χ1v) is 5.58. The lowest BCUT2D eigenvalue weighted by Gasteiger charge is -2.31. The third-order valence-electron chi connectivity index (χ3n) is 2.85. The standard InChI is InChI=1S/C13H12O6/c1-13(2)5-9(14)8-3-6(11(15)16)7(12(17)18)4-10(8)19-13/h3-4H,5H2,1-2H3,(H,15,16)(H,17,18). The van der Waals surface area contributed by atoms with Crippen LogP contribution in [0.25, 0.3) is 0 Å². The molecule has 0 unspecified atom stereocenters. The van der Waals surface area contributed by atoms with Gasteiger partial charge in [0.15, 0.2) is 5.78 Å². The number of hydrogen-bond acceptors (Lipinski definition) is 4.